The highest BCUT2D eigenvalue weighted by Crippen LogP contribution is 2.33. The summed E-state index contributed by atoms with van der Waals surface area (Å²) in [4.78, 5) is 3.30. The van der Waals surface area contributed by atoms with E-state index in [0.717, 1.165) is 12.1 Å². The Hall–Kier alpha value is -1.94. The van der Waals surface area contributed by atoms with Crippen molar-refractivity contribution < 1.29 is 21.6 Å². The molecule has 1 N–H and O–H groups in total. The van der Waals surface area contributed by atoms with Crippen molar-refractivity contribution >= 4 is 10.0 Å². The fourth-order valence-corrected chi connectivity index (χ4v) is 3.31. The Morgan fingerprint density at radius 1 is 1.35 bits per heavy atom. The second kappa shape index (κ2) is 6.28. The zero-order chi connectivity index (χ0) is 17.3. The zero-order valence-electron chi connectivity index (χ0n) is 12.4. The highest BCUT2D eigenvalue weighted by atomic mass is 32.2. The second-order valence-corrected chi connectivity index (χ2v) is 6.83. The van der Waals surface area contributed by atoms with Crippen molar-refractivity contribution in [1.82, 2.24) is 19.5 Å². The van der Waals surface area contributed by atoms with Gasteiger partial charge >= 0.3 is 6.18 Å². The third-order valence-corrected chi connectivity index (χ3v) is 4.70. The molecule has 0 bridgehead atoms. The molecule has 1 aromatic heterocycles. The monoisotopic (exact) mass is 348 g/mol. The second-order valence-electron chi connectivity index (χ2n) is 5.11. The number of sulfonamides is 1. The predicted molar refractivity (Wildman–Crippen MR) is 76.0 cm³/mol. The Labute approximate surface area is 131 Å². The average molecular weight is 348 g/mol. The maximum absolute atomic E-state index is 12.9. The Morgan fingerprint density at radius 3 is 2.61 bits per heavy atom. The van der Waals surface area contributed by atoms with Crippen LogP contribution >= 0.6 is 0 Å². The summed E-state index contributed by atoms with van der Waals surface area (Å²) in [7, 11) is -4.07. The van der Waals surface area contributed by atoms with Crippen LogP contribution in [0.5, 0.6) is 0 Å². The summed E-state index contributed by atoms with van der Waals surface area (Å²) in [6.07, 6.45) is -1.89. The summed E-state index contributed by atoms with van der Waals surface area (Å²) < 4.78 is 66.9. The molecule has 1 atom stereocenters. The van der Waals surface area contributed by atoms with Crippen LogP contribution < -0.4 is 4.72 Å². The molecule has 0 amide bonds. The molecule has 10 heteroatoms. The van der Waals surface area contributed by atoms with E-state index in [1.807, 2.05) is 0 Å². The highest BCUT2D eigenvalue weighted by molar-refractivity contribution is 7.89. The van der Waals surface area contributed by atoms with Gasteiger partial charge in [-0.1, -0.05) is 6.07 Å². The van der Waals surface area contributed by atoms with E-state index in [-0.39, 0.29) is 12.1 Å². The van der Waals surface area contributed by atoms with Gasteiger partial charge in [0.25, 0.3) is 0 Å². The van der Waals surface area contributed by atoms with Crippen LogP contribution in [-0.2, 0) is 22.7 Å². The van der Waals surface area contributed by atoms with Crippen LogP contribution in [0.15, 0.2) is 35.7 Å². The average Bonchev–Trinajstić information content (AvgIpc) is 2.89. The van der Waals surface area contributed by atoms with Crippen molar-refractivity contribution in [3.05, 3.63) is 42.0 Å². The third-order valence-electron chi connectivity index (χ3n) is 3.11. The largest absolute Gasteiger partial charge is 0.416 e. The maximum Gasteiger partial charge on any atom is 0.416 e. The number of hydrogen-bond donors (Lipinski definition) is 1. The van der Waals surface area contributed by atoms with E-state index in [9.17, 15) is 21.6 Å². The van der Waals surface area contributed by atoms with Gasteiger partial charge in [-0.2, -0.15) is 18.3 Å². The fraction of sp³-hybridized carbons (Fsp3) is 0.385. The lowest BCUT2D eigenvalue weighted by molar-refractivity contribution is -0.138. The first kappa shape index (κ1) is 17.4. The van der Waals surface area contributed by atoms with Gasteiger partial charge < -0.3 is 0 Å². The van der Waals surface area contributed by atoms with Crippen molar-refractivity contribution in [2.75, 3.05) is 0 Å². The Morgan fingerprint density at radius 2 is 2.04 bits per heavy atom. The van der Waals surface area contributed by atoms with Crippen LogP contribution in [0.1, 0.15) is 18.1 Å². The Bertz CT molecular complexity index is 773. The van der Waals surface area contributed by atoms with Gasteiger partial charge in [0.15, 0.2) is 0 Å². The summed E-state index contributed by atoms with van der Waals surface area (Å²) >= 11 is 0. The molecule has 6 nitrogen and oxygen atoms in total. The number of alkyl halides is 3. The number of benzene rings is 1. The van der Waals surface area contributed by atoms with E-state index < -0.39 is 32.7 Å². The summed E-state index contributed by atoms with van der Waals surface area (Å²) in [6, 6.07) is 2.35. The quantitative estimate of drug-likeness (QED) is 0.896. The molecule has 1 aromatic carbocycles. The molecule has 0 saturated heterocycles. The lowest BCUT2D eigenvalue weighted by atomic mass is 10.1. The zero-order valence-corrected chi connectivity index (χ0v) is 13.2. The minimum atomic E-state index is -4.61. The van der Waals surface area contributed by atoms with Crippen LogP contribution in [0, 0.1) is 6.92 Å². The van der Waals surface area contributed by atoms with Crippen LogP contribution in [-0.4, -0.2) is 29.2 Å². The van der Waals surface area contributed by atoms with Crippen LogP contribution in [0.25, 0.3) is 0 Å². The molecule has 23 heavy (non-hydrogen) atoms. The molecule has 0 aliphatic rings. The standard InChI is InChI=1S/C13H15F3N4O2S/c1-9-3-4-11(5-12(9)13(14,15)16)23(21,22)19-10(2)6-20-8-17-7-18-20/h3-5,7-8,10,19H,6H2,1-2H3/t10-/m0/s1. The Balaban J connectivity index is 2.22. The SMILES string of the molecule is Cc1ccc(S(=O)(=O)N[C@@H](C)Cn2cncn2)cc1C(F)(F)F. The van der Waals surface area contributed by atoms with E-state index in [4.69, 9.17) is 0 Å². The van der Waals surface area contributed by atoms with Crippen molar-refractivity contribution in [3.63, 3.8) is 0 Å². The number of rotatable bonds is 5. The lowest BCUT2D eigenvalue weighted by Gasteiger charge is -2.16. The van der Waals surface area contributed by atoms with Crippen LogP contribution in [0.3, 0.4) is 0 Å². The highest BCUT2D eigenvalue weighted by Gasteiger charge is 2.33. The van der Waals surface area contributed by atoms with Crippen molar-refractivity contribution in [1.29, 1.82) is 0 Å². The van der Waals surface area contributed by atoms with Crippen molar-refractivity contribution in [3.8, 4) is 0 Å². The fourth-order valence-electron chi connectivity index (χ4n) is 2.05. The van der Waals surface area contributed by atoms with Gasteiger partial charge in [0, 0.05) is 6.04 Å². The van der Waals surface area contributed by atoms with Crippen LogP contribution in [0.4, 0.5) is 13.2 Å². The predicted octanol–water partition coefficient (Wildman–Crippen LogP) is 1.97. The molecular formula is C13H15F3N4O2S. The molecule has 0 radical (unpaired) electrons. The molecule has 1 heterocycles. The molecule has 0 fully saturated rings. The number of nitrogens with one attached hydrogen (secondary N) is 1. The molecule has 2 aromatic rings. The molecular weight excluding hydrogens is 333 g/mol. The third kappa shape index (κ3) is 4.29. The number of halogens is 3. The summed E-state index contributed by atoms with van der Waals surface area (Å²) in [5.41, 5.74) is -1.00. The summed E-state index contributed by atoms with van der Waals surface area (Å²) in [5, 5.41) is 3.84. The topological polar surface area (TPSA) is 76.9 Å². The van der Waals surface area contributed by atoms with Crippen molar-refractivity contribution in [2.24, 2.45) is 0 Å². The molecule has 0 unspecified atom stereocenters. The Kier molecular flexibility index (Phi) is 4.76. The number of aryl methyl sites for hydroxylation is 1. The minimum absolute atomic E-state index is 0.0351. The molecule has 0 saturated carbocycles. The van der Waals surface area contributed by atoms with Gasteiger partial charge in [-0.3, -0.25) is 4.68 Å². The van der Waals surface area contributed by atoms with E-state index in [0.29, 0.717) is 6.07 Å². The summed E-state index contributed by atoms with van der Waals surface area (Å²) in [6.45, 7) is 3.06. The van der Waals surface area contributed by atoms with E-state index in [2.05, 4.69) is 14.8 Å². The van der Waals surface area contributed by atoms with E-state index in [1.54, 1.807) is 6.92 Å². The van der Waals surface area contributed by atoms with E-state index >= 15 is 0 Å². The summed E-state index contributed by atoms with van der Waals surface area (Å²) in [5.74, 6) is 0. The number of nitrogens with zero attached hydrogens (tertiary/aromatic N) is 3. The smallest absolute Gasteiger partial charge is 0.251 e. The van der Waals surface area contributed by atoms with Gasteiger partial charge in [0.1, 0.15) is 12.7 Å². The van der Waals surface area contributed by atoms with Gasteiger partial charge in [-0.25, -0.2) is 18.1 Å². The molecule has 0 aliphatic heterocycles. The first-order valence-corrected chi connectivity index (χ1v) is 8.10. The van der Waals surface area contributed by atoms with E-state index in [1.165, 1.54) is 24.3 Å². The maximum atomic E-state index is 12.9. The lowest BCUT2D eigenvalue weighted by Crippen LogP contribution is -2.36. The number of hydrogen-bond acceptors (Lipinski definition) is 4. The molecule has 2 rings (SSSR count). The molecule has 0 spiro atoms. The molecule has 126 valence electrons. The first-order chi connectivity index (χ1) is 10.6. The van der Waals surface area contributed by atoms with Gasteiger partial charge in [-0.15, -0.1) is 0 Å². The minimum Gasteiger partial charge on any atom is -0.251 e. The van der Waals surface area contributed by atoms with Gasteiger partial charge in [0.2, 0.25) is 10.0 Å². The van der Waals surface area contributed by atoms with Gasteiger partial charge in [0.05, 0.1) is 17.0 Å². The number of aromatic nitrogens is 3. The first-order valence-electron chi connectivity index (χ1n) is 6.62. The normalized spacial score (nSPS) is 14.0. The van der Waals surface area contributed by atoms with Crippen LogP contribution in [0.2, 0.25) is 0 Å². The van der Waals surface area contributed by atoms with Crippen molar-refractivity contribution in [2.45, 2.75) is 37.5 Å². The molecule has 0 aliphatic carbocycles. The van der Waals surface area contributed by atoms with Gasteiger partial charge in [-0.05, 0) is 31.5 Å².